The van der Waals surface area contributed by atoms with Crippen molar-refractivity contribution in [3.05, 3.63) is 96.4 Å². The molecule has 0 aliphatic carbocycles. The van der Waals surface area contributed by atoms with Crippen LogP contribution in [0.15, 0.2) is 94.9 Å². The molecule has 4 aromatic rings. The third kappa shape index (κ3) is 3.97. The minimum absolute atomic E-state index is 0.0357. The Labute approximate surface area is 173 Å². The SMILES string of the molecule is O=C(Cn1cc(S(=O)(=O)c2ccccc2)c2ccccc21)NCc1ccc(F)cc1. The monoisotopic (exact) mass is 422 g/mol. The van der Waals surface area contributed by atoms with E-state index in [0.29, 0.717) is 10.9 Å². The lowest BCUT2D eigenvalue weighted by Crippen LogP contribution is -2.26. The summed E-state index contributed by atoms with van der Waals surface area (Å²) in [4.78, 5) is 12.8. The summed E-state index contributed by atoms with van der Waals surface area (Å²) in [6.45, 7) is 0.222. The molecule has 1 aromatic heterocycles. The zero-order valence-corrected chi connectivity index (χ0v) is 16.8. The summed E-state index contributed by atoms with van der Waals surface area (Å²) in [6, 6.07) is 21.2. The molecule has 0 aliphatic heterocycles. The van der Waals surface area contributed by atoms with Crippen molar-refractivity contribution in [1.29, 1.82) is 0 Å². The average molecular weight is 422 g/mol. The summed E-state index contributed by atoms with van der Waals surface area (Å²) in [5.74, 6) is -0.611. The van der Waals surface area contributed by atoms with Crippen molar-refractivity contribution in [2.24, 2.45) is 0 Å². The fraction of sp³-hybridized carbons (Fsp3) is 0.0870. The standard InChI is InChI=1S/C23H19FN2O3S/c24-18-12-10-17(11-13-18)14-25-23(27)16-26-15-22(20-8-4-5-9-21(20)26)30(28,29)19-6-2-1-3-7-19/h1-13,15H,14,16H2,(H,25,27). The number of carbonyl (C=O) groups excluding carboxylic acids is 1. The molecule has 0 spiro atoms. The van der Waals surface area contributed by atoms with Crippen LogP contribution in [0.3, 0.4) is 0 Å². The van der Waals surface area contributed by atoms with E-state index in [1.807, 2.05) is 0 Å². The van der Waals surface area contributed by atoms with Crippen molar-refractivity contribution >= 4 is 26.6 Å². The Morgan fingerprint density at radius 3 is 2.30 bits per heavy atom. The molecule has 1 N–H and O–H groups in total. The van der Waals surface area contributed by atoms with Crippen LogP contribution in [-0.2, 0) is 27.7 Å². The van der Waals surface area contributed by atoms with E-state index in [2.05, 4.69) is 5.32 Å². The first-order valence-corrected chi connectivity index (χ1v) is 10.8. The normalized spacial score (nSPS) is 11.5. The van der Waals surface area contributed by atoms with Gasteiger partial charge in [0.1, 0.15) is 12.4 Å². The van der Waals surface area contributed by atoms with E-state index in [9.17, 15) is 17.6 Å². The summed E-state index contributed by atoms with van der Waals surface area (Å²) in [5.41, 5.74) is 1.43. The highest BCUT2D eigenvalue weighted by Crippen LogP contribution is 2.30. The maximum absolute atomic E-state index is 13.1. The Morgan fingerprint density at radius 2 is 1.57 bits per heavy atom. The summed E-state index contributed by atoms with van der Waals surface area (Å²) in [5, 5.41) is 3.34. The van der Waals surface area contributed by atoms with Gasteiger partial charge < -0.3 is 9.88 Å². The molecule has 1 heterocycles. The highest BCUT2D eigenvalue weighted by Gasteiger charge is 2.23. The number of rotatable bonds is 6. The summed E-state index contributed by atoms with van der Waals surface area (Å²) in [6.07, 6.45) is 1.50. The van der Waals surface area contributed by atoms with E-state index in [0.717, 1.165) is 5.56 Å². The van der Waals surface area contributed by atoms with Crippen LogP contribution in [0, 0.1) is 5.82 Å². The predicted molar refractivity (Wildman–Crippen MR) is 112 cm³/mol. The van der Waals surface area contributed by atoms with Gasteiger partial charge in [-0.3, -0.25) is 4.79 Å². The molecule has 0 radical (unpaired) electrons. The molecule has 0 unspecified atom stereocenters. The van der Waals surface area contributed by atoms with E-state index >= 15 is 0 Å². The topological polar surface area (TPSA) is 68.2 Å². The van der Waals surface area contributed by atoms with Gasteiger partial charge in [0, 0.05) is 23.6 Å². The van der Waals surface area contributed by atoms with Gasteiger partial charge in [0.15, 0.2) is 0 Å². The summed E-state index contributed by atoms with van der Waals surface area (Å²) in [7, 11) is -3.73. The second kappa shape index (κ2) is 8.12. The third-order valence-electron chi connectivity index (χ3n) is 4.81. The molecule has 152 valence electrons. The van der Waals surface area contributed by atoms with E-state index < -0.39 is 9.84 Å². The first kappa shape index (κ1) is 19.8. The number of carbonyl (C=O) groups is 1. The van der Waals surface area contributed by atoms with Gasteiger partial charge in [-0.15, -0.1) is 0 Å². The molecule has 0 bridgehead atoms. The number of hydrogen-bond acceptors (Lipinski definition) is 3. The van der Waals surface area contributed by atoms with Crippen molar-refractivity contribution in [2.75, 3.05) is 0 Å². The quantitative estimate of drug-likeness (QED) is 0.512. The van der Waals surface area contributed by atoms with E-state index in [1.165, 1.54) is 18.3 Å². The van der Waals surface area contributed by atoms with Gasteiger partial charge in [-0.2, -0.15) is 0 Å². The molecule has 0 saturated heterocycles. The fourth-order valence-corrected chi connectivity index (χ4v) is 4.80. The van der Waals surface area contributed by atoms with Crippen molar-refractivity contribution < 1.29 is 17.6 Å². The van der Waals surface area contributed by atoms with Crippen LogP contribution < -0.4 is 5.32 Å². The number of amides is 1. The minimum Gasteiger partial charge on any atom is -0.350 e. The molecule has 7 heteroatoms. The van der Waals surface area contributed by atoms with Crippen molar-refractivity contribution in [3.63, 3.8) is 0 Å². The van der Waals surface area contributed by atoms with Crippen LogP contribution in [-0.4, -0.2) is 18.9 Å². The number of aromatic nitrogens is 1. The number of benzene rings is 3. The Balaban J connectivity index is 1.61. The third-order valence-corrected chi connectivity index (χ3v) is 6.61. The number of hydrogen-bond donors (Lipinski definition) is 1. The first-order chi connectivity index (χ1) is 14.4. The lowest BCUT2D eigenvalue weighted by atomic mass is 10.2. The molecule has 30 heavy (non-hydrogen) atoms. The van der Waals surface area contributed by atoms with Crippen LogP contribution in [0.25, 0.3) is 10.9 Å². The molecular weight excluding hydrogens is 403 g/mol. The second-order valence-electron chi connectivity index (χ2n) is 6.86. The summed E-state index contributed by atoms with van der Waals surface area (Å²) < 4.78 is 40.9. The van der Waals surface area contributed by atoms with Crippen molar-refractivity contribution in [2.45, 2.75) is 22.9 Å². The van der Waals surface area contributed by atoms with Crippen LogP contribution >= 0.6 is 0 Å². The van der Waals surface area contributed by atoms with Gasteiger partial charge in [0.25, 0.3) is 0 Å². The van der Waals surface area contributed by atoms with Gasteiger partial charge >= 0.3 is 0 Å². The van der Waals surface area contributed by atoms with Gasteiger partial charge in [-0.05, 0) is 35.9 Å². The smallest absolute Gasteiger partial charge is 0.240 e. The Morgan fingerprint density at radius 1 is 0.900 bits per heavy atom. The predicted octanol–water partition coefficient (Wildman–Crippen LogP) is 3.93. The number of nitrogens with zero attached hydrogens (tertiary/aromatic N) is 1. The fourth-order valence-electron chi connectivity index (χ4n) is 3.30. The Bertz CT molecular complexity index is 1300. The zero-order chi connectivity index (χ0) is 21.1. The number of fused-ring (bicyclic) bond motifs is 1. The largest absolute Gasteiger partial charge is 0.350 e. The molecule has 3 aromatic carbocycles. The molecule has 0 atom stereocenters. The van der Waals surface area contributed by atoms with Gasteiger partial charge in [-0.25, -0.2) is 12.8 Å². The number of nitrogens with one attached hydrogen (secondary N) is 1. The molecule has 0 saturated carbocycles. The minimum atomic E-state index is -3.73. The van der Waals surface area contributed by atoms with Gasteiger partial charge in [0.2, 0.25) is 15.7 Å². The zero-order valence-electron chi connectivity index (χ0n) is 16.0. The molecule has 0 fully saturated rings. The Kier molecular flexibility index (Phi) is 5.37. The van der Waals surface area contributed by atoms with Crippen LogP contribution in [0.4, 0.5) is 4.39 Å². The van der Waals surface area contributed by atoms with E-state index in [1.54, 1.807) is 71.3 Å². The lowest BCUT2D eigenvalue weighted by Gasteiger charge is -2.07. The maximum Gasteiger partial charge on any atom is 0.240 e. The van der Waals surface area contributed by atoms with Crippen molar-refractivity contribution in [1.82, 2.24) is 9.88 Å². The number of para-hydroxylation sites is 1. The molecule has 0 aliphatic rings. The molecular formula is C23H19FN2O3S. The molecule has 5 nitrogen and oxygen atoms in total. The van der Waals surface area contributed by atoms with Gasteiger partial charge in [0.05, 0.1) is 9.79 Å². The van der Waals surface area contributed by atoms with Crippen LogP contribution in [0.5, 0.6) is 0 Å². The molecule has 1 amide bonds. The van der Waals surface area contributed by atoms with Crippen LogP contribution in [0.1, 0.15) is 5.56 Å². The van der Waals surface area contributed by atoms with E-state index in [-0.39, 0.29) is 34.6 Å². The Hall–Kier alpha value is -3.45. The van der Waals surface area contributed by atoms with Gasteiger partial charge in [-0.1, -0.05) is 48.5 Å². The highest BCUT2D eigenvalue weighted by atomic mass is 32.2. The van der Waals surface area contributed by atoms with E-state index in [4.69, 9.17) is 0 Å². The maximum atomic E-state index is 13.1. The molecule has 4 rings (SSSR count). The number of sulfone groups is 1. The highest BCUT2D eigenvalue weighted by molar-refractivity contribution is 7.91. The lowest BCUT2D eigenvalue weighted by molar-refractivity contribution is -0.121. The average Bonchev–Trinajstić information content (AvgIpc) is 3.13. The second-order valence-corrected chi connectivity index (χ2v) is 8.78. The number of halogens is 1. The first-order valence-electron chi connectivity index (χ1n) is 9.34. The van der Waals surface area contributed by atoms with Crippen LogP contribution in [0.2, 0.25) is 0 Å². The van der Waals surface area contributed by atoms with Crippen molar-refractivity contribution in [3.8, 4) is 0 Å². The summed E-state index contributed by atoms with van der Waals surface area (Å²) >= 11 is 0.